The van der Waals surface area contributed by atoms with Crippen molar-refractivity contribution in [2.45, 2.75) is 32.6 Å². The summed E-state index contributed by atoms with van der Waals surface area (Å²) in [6.07, 6.45) is 4.18. The number of nitrogens with one attached hydrogen (secondary N) is 1. The van der Waals surface area contributed by atoms with Crippen molar-refractivity contribution in [3.05, 3.63) is 50.5 Å². The second-order valence-electron chi connectivity index (χ2n) is 5.10. The van der Waals surface area contributed by atoms with Crippen LogP contribution < -0.4 is 5.32 Å². The Kier molecular flexibility index (Phi) is 3.83. The molecule has 1 aliphatic carbocycles. The van der Waals surface area contributed by atoms with Crippen LogP contribution in [0.15, 0.2) is 28.7 Å². The Morgan fingerprint density at radius 3 is 2.65 bits per heavy atom. The maximum atomic E-state index is 12.5. The van der Waals surface area contributed by atoms with E-state index in [-0.39, 0.29) is 5.91 Å². The molecule has 0 aliphatic heterocycles. The zero-order chi connectivity index (χ0) is 14.1. The van der Waals surface area contributed by atoms with Crippen LogP contribution in [0.4, 0.5) is 5.69 Å². The van der Waals surface area contributed by atoms with Crippen molar-refractivity contribution in [3.8, 4) is 0 Å². The number of rotatable bonds is 2. The minimum absolute atomic E-state index is 0.0596. The van der Waals surface area contributed by atoms with Gasteiger partial charge in [-0.15, -0.1) is 0 Å². The van der Waals surface area contributed by atoms with E-state index < -0.39 is 0 Å². The molecule has 0 radical (unpaired) electrons. The molecule has 4 heteroatoms. The van der Waals surface area contributed by atoms with Gasteiger partial charge in [0.05, 0.1) is 5.56 Å². The zero-order valence-electron chi connectivity index (χ0n) is 11.3. The zero-order valence-corrected chi connectivity index (χ0v) is 13.5. The quantitative estimate of drug-likeness (QED) is 0.788. The van der Waals surface area contributed by atoms with Gasteiger partial charge in [-0.25, -0.2) is 0 Å². The second-order valence-corrected chi connectivity index (χ2v) is 6.35. The van der Waals surface area contributed by atoms with Crippen LogP contribution >= 0.6 is 22.6 Å². The highest BCUT2D eigenvalue weighted by Gasteiger charge is 2.25. The van der Waals surface area contributed by atoms with Crippen LogP contribution in [0.5, 0.6) is 0 Å². The molecule has 0 fully saturated rings. The van der Waals surface area contributed by atoms with Gasteiger partial charge in [-0.2, -0.15) is 0 Å². The minimum Gasteiger partial charge on any atom is -0.465 e. The van der Waals surface area contributed by atoms with E-state index in [9.17, 15) is 4.79 Å². The topological polar surface area (TPSA) is 42.2 Å². The van der Waals surface area contributed by atoms with E-state index in [1.807, 2.05) is 31.2 Å². The van der Waals surface area contributed by atoms with E-state index in [2.05, 4.69) is 27.9 Å². The standard InChI is InChI=1S/C16H16INO2/c1-10-15(13-4-2-3-5-14(13)20-10)16(19)18-12-8-6-11(17)7-9-12/h6-9H,2-5H2,1H3,(H,18,19). The highest BCUT2D eigenvalue weighted by Crippen LogP contribution is 2.30. The SMILES string of the molecule is Cc1oc2c(c1C(=O)Nc1ccc(I)cc1)CCCC2. The number of carbonyl (C=O) groups is 1. The molecule has 0 saturated heterocycles. The lowest BCUT2D eigenvalue weighted by Crippen LogP contribution is -2.15. The van der Waals surface area contributed by atoms with Crippen LogP contribution in [0.1, 0.15) is 40.3 Å². The number of hydrogen-bond acceptors (Lipinski definition) is 2. The smallest absolute Gasteiger partial charge is 0.259 e. The molecule has 1 aromatic carbocycles. The molecule has 3 rings (SSSR count). The van der Waals surface area contributed by atoms with E-state index in [4.69, 9.17) is 4.42 Å². The van der Waals surface area contributed by atoms with E-state index in [1.54, 1.807) is 0 Å². The summed E-state index contributed by atoms with van der Waals surface area (Å²) in [5.41, 5.74) is 2.66. The van der Waals surface area contributed by atoms with Crippen LogP contribution in [-0.2, 0) is 12.8 Å². The first kappa shape index (κ1) is 13.7. The van der Waals surface area contributed by atoms with Gasteiger partial charge in [0.15, 0.2) is 0 Å². The summed E-state index contributed by atoms with van der Waals surface area (Å²) in [5.74, 6) is 1.68. The fraction of sp³-hybridized carbons (Fsp3) is 0.312. The Morgan fingerprint density at radius 2 is 1.90 bits per heavy atom. The largest absolute Gasteiger partial charge is 0.465 e. The number of aryl methyl sites for hydroxylation is 2. The van der Waals surface area contributed by atoms with Crippen LogP contribution in [-0.4, -0.2) is 5.91 Å². The Balaban J connectivity index is 1.87. The second kappa shape index (κ2) is 5.60. The van der Waals surface area contributed by atoms with Gasteiger partial charge < -0.3 is 9.73 Å². The van der Waals surface area contributed by atoms with Gasteiger partial charge >= 0.3 is 0 Å². The average molecular weight is 381 g/mol. The number of hydrogen-bond donors (Lipinski definition) is 1. The third kappa shape index (κ3) is 2.61. The van der Waals surface area contributed by atoms with Crippen LogP contribution in [0.3, 0.4) is 0 Å². The first-order chi connectivity index (χ1) is 9.65. The molecular formula is C16H16INO2. The van der Waals surface area contributed by atoms with Crippen molar-refractivity contribution in [2.75, 3.05) is 5.32 Å². The summed E-state index contributed by atoms with van der Waals surface area (Å²) < 4.78 is 6.90. The number of halogens is 1. The van der Waals surface area contributed by atoms with Crippen LogP contribution in [0, 0.1) is 10.5 Å². The highest BCUT2D eigenvalue weighted by atomic mass is 127. The predicted molar refractivity (Wildman–Crippen MR) is 87.2 cm³/mol. The van der Waals surface area contributed by atoms with E-state index in [1.165, 1.54) is 0 Å². The number of anilines is 1. The highest BCUT2D eigenvalue weighted by molar-refractivity contribution is 14.1. The molecule has 0 bridgehead atoms. The van der Waals surface area contributed by atoms with Crippen molar-refractivity contribution < 1.29 is 9.21 Å². The lowest BCUT2D eigenvalue weighted by molar-refractivity contribution is 0.102. The summed E-state index contributed by atoms with van der Waals surface area (Å²) in [6.45, 7) is 1.88. The first-order valence-corrected chi connectivity index (χ1v) is 7.91. The van der Waals surface area contributed by atoms with Gasteiger partial charge in [-0.3, -0.25) is 4.79 Å². The summed E-state index contributed by atoms with van der Waals surface area (Å²) in [4.78, 5) is 12.5. The molecule has 3 nitrogen and oxygen atoms in total. The lowest BCUT2D eigenvalue weighted by Gasteiger charge is -2.11. The molecule has 1 aliphatic rings. The maximum Gasteiger partial charge on any atom is 0.259 e. The molecule has 2 aromatic rings. The summed E-state index contributed by atoms with van der Waals surface area (Å²) >= 11 is 2.25. The Labute approximate surface area is 131 Å². The van der Waals surface area contributed by atoms with Crippen molar-refractivity contribution in [1.82, 2.24) is 0 Å². The van der Waals surface area contributed by atoms with Gasteiger partial charge in [-0.1, -0.05) is 0 Å². The summed E-state index contributed by atoms with van der Waals surface area (Å²) in [5, 5.41) is 2.96. The number of fused-ring (bicyclic) bond motifs is 1. The molecule has 1 amide bonds. The normalized spacial score (nSPS) is 13.9. The lowest BCUT2D eigenvalue weighted by atomic mass is 9.94. The Bertz CT molecular complexity index is 643. The van der Waals surface area contributed by atoms with Crippen LogP contribution in [0.2, 0.25) is 0 Å². The van der Waals surface area contributed by atoms with E-state index in [0.29, 0.717) is 0 Å². The fourth-order valence-corrected chi connectivity index (χ4v) is 3.09. The van der Waals surface area contributed by atoms with Gasteiger partial charge in [0.25, 0.3) is 5.91 Å². The first-order valence-electron chi connectivity index (χ1n) is 6.83. The third-order valence-corrected chi connectivity index (χ3v) is 4.40. The van der Waals surface area contributed by atoms with Crippen LogP contribution in [0.25, 0.3) is 0 Å². The molecular weight excluding hydrogens is 365 g/mol. The van der Waals surface area contributed by atoms with Crippen molar-refractivity contribution in [3.63, 3.8) is 0 Å². The predicted octanol–water partition coefficient (Wildman–Crippen LogP) is 4.32. The van der Waals surface area contributed by atoms with Gasteiger partial charge in [0, 0.05) is 21.2 Å². The molecule has 0 spiro atoms. The van der Waals surface area contributed by atoms with Gasteiger partial charge in [0.1, 0.15) is 11.5 Å². The van der Waals surface area contributed by atoms with Gasteiger partial charge in [0.2, 0.25) is 0 Å². The number of furan rings is 1. The Morgan fingerprint density at radius 1 is 1.20 bits per heavy atom. The molecule has 1 heterocycles. The molecule has 0 atom stereocenters. The molecule has 1 N–H and O–H groups in total. The fourth-order valence-electron chi connectivity index (χ4n) is 2.73. The summed E-state index contributed by atoms with van der Waals surface area (Å²) in [6, 6.07) is 7.80. The monoisotopic (exact) mass is 381 g/mol. The summed E-state index contributed by atoms with van der Waals surface area (Å²) in [7, 11) is 0. The Hall–Kier alpha value is -1.30. The van der Waals surface area contributed by atoms with Gasteiger partial charge in [-0.05, 0) is 73.0 Å². The molecule has 20 heavy (non-hydrogen) atoms. The van der Waals surface area contributed by atoms with Crippen molar-refractivity contribution in [2.24, 2.45) is 0 Å². The number of amides is 1. The minimum atomic E-state index is -0.0596. The maximum absolute atomic E-state index is 12.5. The third-order valence-electron chi connectivity index (χ3n) is 3.68. The van der Waals surface area contributed by atoms with E-state index in [0.717, 1.165) is 57.6 Å². The van der Waals surface area contributed by atoms with E-state index >= 15 is 0 Å². The van der Waals surface area contributed by atoms with Crippen molar-refractivity contribution >= 4 is 34.2 Å². The molecule has 0 saturated carbocycles. The number of carbonyl (C=O) groups excluding carboxylic acids is 1. The molecule has 104 valence electrons. The molecule has 0 unspecified atom stereocenters. The average Bonchev–Trinajstić information content (AvgIpc) is 2.77. The molecule has 1 aromatic heterocycles. The van der Waals surface area contributed by atoms with Crippen molar-refractivity contribution in [1.29, 1.82) is 0 Å². The number of benzene rings is 1.